The highest BCUT2D eigenvalue weighted by Crippen LogP contribution is 2.25. The Balaban J connectivity index is 2.33. The van der Waals surface area contributed by atoms with Gasteiger partial charge in [-0.15, -0.1) is 0 Å². The quantitative estimate of drug-likeness (QED) is 0.854. The topological polar surface area (TPSA) is 64.3 Å². The highest BCUT2D eigenvalue weighted by atomic mass is 35.5. The van der Waals surface area contributed by atoms with Gasteiger partial charge in [0.05, 0.1) is 23.4 Å². The van der Waals surface area contributed by atoms with Crippen molar-refractivity contribution in [2.75, 3.05) is 18.2 Å². The minimum atomic E-state index is -0.583. The van der Waals surface area contributed by atoms with E-state index in [0.29, 0.717) is 5.75 Å². The van der Waals surface area contributed by atoms with Crippen LogP contribution in [0.3, 0.4) is 0 Å². The van der Waals surface area contributed by atoms with Gasteiger partial charge in [0.2, 0.25) is 0 Å². The molecule has 2 aromatic carbocycles. The van der Waals surface area contributed by atoms with Gasteiger partial charge in [-0.25, -0.2) is 4.39 Å². The number of methoxy groups -OCH3 is 1. The number of nitrogen functional groups attached to an aromatic ring is 1. The normalized spacial score (nSPS) is 10.2. The fourth-order valence-electron chi connectivity index (χ4n) is 1.69. The highest BCUT2D eigenvalue weighted by molar-refractivity contribution is 6.35. The summed E-state index contributed by atoms with van der Waals surface area (Å²) in [5, 5.41) is 2.62. The SMILES string of the molecule is COc1ccc(F)c(NC(=O)c2c(N)cccc2Cl)c1. The maximum absolute atomic E-state index is 13.6. The van der Waals surface area contributed by atoms with Crippen molar-refractivity contribution in [1.29, 1.82) is 0 Å². The predicted molar refractivity (Wildman–Crippen MR) is 76.8 cm³/mol. The van der Waals surface area contributed by atoms with Crippen molar-refractivity contribution < 1.29 is 13.9 Å². The second-order valence-corrected chi connectivity index (χ2v) is 4.41. The van der Waals surface area contributed by atoms with Crippen LogP contribution in [0.1, 0.15) is 10.4 Å². The Morgan fingerprint density at radius 2 is 2.10 bits per heavy atom. The lowest BCUT2D eigenvalue weighted by Crippen LogP contribution is -2.15. The molecule has 20 heavy (non-hydrogen) atoms. The number of benzene rings is 2. The summed E-state index contributed by atoms with van der Waals surface area (Å²) in [4.78, 5) is 12.1. The number of carbonyl (C=O) groups is 1. The van der Waals surface area contributed by atoms with Crippen LogP contribution in [-0.4, -0.2) is 13.0 Å². The lowest BCUT2D eigenvalue weighted by atomic mass is 10.1. The van der Waals surface area contributed by atoms with E-state index < -0.39 is 11.7 Å². The number of rotatable bonds is 3. The van der Waals surface area contributed by atoms with Crippen LogP contribution in [0, 0.1) is 5.82 Å². The van der Waals surface area contributed by atoms with E-state index in [-0.39, 0.29) is 22.0 Å². The fraction of sp³-hybridized carbons (Fsp3) is 0.0714. The van der Waals surface area contributed by atoms with E-state index in [2.05, 4.69) is 5.32 Å². The van der Waals surface area contributed by atoms with Gasteiger partial charge in [-0.05, 0) is 24.3 Å². The number of ether oxygens (including phenoxy) is 1. The minimum Gasteiger partial charge on any atom is -0.497 e. The number of hydrogen-bond donors (Lipinski definition) is 2. The Kier molecular flexibility index (Phi) is 4.10. The standard InChI is InChI=1S/C14H12ClFN2O2/c1-20-8-5-6-10(16)12(7-8)18-14(19)13-9(15)3-2-4-11(13)17/h2-7H,17H2,1H3,(H,18,19). The van der Waals surface area contributed by atoms with E-state index in [1.807, 2.05) is 0 Å². The molecule has 6 heteroatoms. The molecule has 0 aliphatic carbocycles. The van der Waals surface area contributed by atoms with Gasteiger partial charge in [-0.3, -0.25) is 4.79 Å². The molecule has 2 aromatic rings. The summed E-state index contributed by atoms with van der Waals surface area (Å²) in [6, 6.07) is 8.73. The van der Waals surface area contributed by atoms with Gasteiger partial charge in [-0.2, -0.15) is 0 Å². The molecule has 104 valence electrons. The van der Waals surface area contributed by atoms with E-state index in [0.717, 1.165) is 0 Å². The zero-order valence-electron chi connectivity index (χ0n) is 10.6. The average Bonchev–Trinajstić information content (AvgIpc) is 2.41. The minimum absolute atomic E-state index is 0.00586. The van der Waals surface area contributed by atoms with Crippen molar-refractivity contribution in [1.82, 2.24) is 0 Å². The molecule has 0 spiro atoms. The number of nitrogens with two attached hydrogens (primary N) is 1. The summed E-state index contributed by atoms with van der Waals surface area (Å²) in [5.74, 6) is -0.737. The van der Waals surface area contributed by atoms with Crippen LogP contribution in [0.25, 0.3) is 0 Å². The molecule has 0 unspecified atom stereocenters. The first-order valence-electron chi connectivity index (χ1n) is 5.72. The van der Waals surface area contributed by atoms with Gasteiger partial charge >= 0.3 is 0 Å². The Labute approximate surface area is 120 Å². The second-order valence-electron chi connectivity index (χ2n) is 4.00. The first kappa shape index (κ1) is 14.1. The number of nitrogens with one attached hydrogen (secondary N) is 1. The zero-order valence-corrected chi connectivity index (χ0v) is 11.4. The first-order chi connectivity index (χ1) is 9.52. The summed E-state index contributed by atoms with van der Waals surface area (Å²) < 4.78 is 18.6. The van der Waals surface area contributed by atoms with Crippen molar-refractivity contribution >= 4 is 28.9 Å². The molecule has 0 saturated carbocycles. The molecule has 0 aliphatic rings. The molecule has 0 aromatic heterocycles. The largest absolute Gasteiger partial charge is 0.497 e. The maximum Gasteiger partial charge on any atom is 0.259 e. The van der Waals surface area contributed by atoms with Crippen LogP contribution in [0.5, 0.6) is 5.75 Å². The number of carbonyl (C=O) groups excluding carboxylic acids is 1. The third kappa shape index (κ3) is 2.83. The Morgan fingerprint density at radius 1 is 1.35 bits per heavy atom. The van der Waals surface area contributed by atoms with Crippen LogP contribution in [0.2, 0.25) is 5.02 Å². The van der Waals surface area contributed by atoms with Gasteiger partial charge < -0.3 is 15.8 Å². The van der Waals surface area contributed by atoms with Crippen molar-refractivity contribution in [3.05, 3.63) is 52.8 Å². The van der Waals surface area contributed by atoms with E-state index in [9.17, 15) is 9.18 Å². The predicted octanol–water partition coefficient (Wildman–Crippen LogP) is 3.32. The van der Waals surface area contributed by atoms with Gasteiger partial charge in [0.15, 0.2) is 0 Å². The van der Waals surface area contributed by atoms with E-state index in [1.54, 1.807) is 12.1 Å². The number of anilines is 2. The molecule has 0 heterocycles. The third-order valence-electron chi connectivity index (χ3n) is 2.69. The van der Waals surface area contributed by atoms with Crippen LogP contribution < -0.4 is 15.8 Å². The van der Waals surface area contributed by atoms with Gasteiger partial charge in [0, 0.05) is 11.8 Å². The Bertz CT molecular complexity index is 641. The summed E-state index contributed by atoms with van der Waals surface area (Å²) in [5.41, 5.74) is 6.03. The number of amides is 1. The molecule has 0 radical (unpaired) electrons. The van der Waals surface area contributed by atoms with Gasteiger partial charge in [0.1, 0.15) is 11.6 Å². The van der Waals surface area contributed by atoms with E-state index in [4.69, 9.17) is 22.1 Å². The zero-order chi connectivity index (χ0) is 14.7. The average molecular weight is 295 g/mol. The van der Waals surface area contributed by atoms with Crippen LogP contribution in [-0.2, 0) is 0 Å². The van der Waals surface area contributed by atoms with Crippen LogP contribution in [0.4, 0.5) is 15.8 Å². The van der Waals surface area contributed by atoms with Crippen LogP contribution >= 0.6 is 11.6 Å². The van der Waals surface area contributed by atoms with Crippen LogP contribution in [0.15, 0.2) is 36.4 Å². The first-order valence-corrected chi connectivity index (χ1v) is 6.09. The Morgan fingerprint density at radius 3 is 2.75 bits per heavy atom. The molecule has 0 bridgehead atoms. The summed E-state index contributed by atoms with van der Waals surface area (Å²) in [6.07, 6.45) is 0. The number of hydrogen-bond acceptors (Lipinski definition) is 3. The molecule has 2 rings (SSSR count). The monoisotopic (exact) mass is 294 g/mol. The summed E-state index contributed by atoms with van der Waals surface area (Å²) >= 11 is 5.93. The number of halogens is 2. The molecular formula is C14H12ClFN2O2. The van der Waals surface area contributed by atoms with Crippen molar-refractivity contribution in [2.24, 2.45) is 0 Å². The molecule has 0 atom stereocenters. The smallest absolute Gasteiger partial charge is 0.259 e. The van der Waals surface area contributed by atoms with Crippen molar-refractivity contribution in [3.63, 3.8) is 0 Å². The Hall–Kier alpha value is -2.27. The molecule has 3 N–H and O–H groups in total. The second kappa shape index (κ2) is 5.79. The molecule has 4 nitrogen and oxygen atoms in total. The van der Waals surface area contributed by atoms with E-state index >= 15 is 0 Å². The fourth-order valence-corrected chi connectivity index (χ4v) is 1.96. The van der Waals surface area contributed by atoms with Crippen molar-refractivity contribution in [2.45, 2.75) is 0 Å². The third-order valence-corrected chi connectivity index (χ3v) is 3.01. The lowest BCUT2D eigenvalue weighted by Gasteiger charge is -2.10. The molecular weight excluding hydrogens is 283 g/mol. The lowest BCUT2D eigenvalue weighted by molar-refractivity contribution is 0.102. The van der Waals surface area contributed by atoms with Gasteiger partial charge in [-0.1, -0.05) is 17.7 Å². The molecule has 0 aliphatic heterocycles. The summed E-state index contributed by atoms with van der Waals surface area (Å²) in [7, 11) is 1.45. The molecule has 1 amide bonds. The van der Waals surface area contributed by atoms with Gasteiger partial charge in [0.25, 0.3) is 5.91 Å². The summed E-state index contributed by atoms with van der Waals surface area (Å²) in [6.45, 7) is 0. The maximum atomic E-state index is 13.6. The molecule has 0 saturated heterocycles. The van der Waals surface area contributed by atoms with E-state index in [1.165, 1.54) is 31.4 Å². The van der Waals surface area contributed by atoms with Crippen molar-refractivity contribution in [3.8, 4) is 5.75 Å². The molecule has 0 fully saturated rings. The highest BCUT2D eigenvalue weighted by Gasteiger charge is 2.16.